The van der Waals surface area contributed by atoms with Crippen LogP contribution in [0.5, 0.6) is 0 Å². The molecular formula is C22H30N2O. The quantitative estimate of drug-likeness (QED) is 0.813. The molecular weight excluding hydrogens is 308 g/mol. The van der Waals surface area contributed by atoms with E-state index in [2.05, 4.69) is 35.3 Å². The first-order valence-corrected chi connectivity index (χ1v) is 10.2. The zero-order valence-electron chi connectivity index (χ0n) is 15.4. The van der Waals surface area contributed by atoms with Crippen molar-refractivity contribution in [1.82, 2.24) is 10.2 Å². The second kappa shape index (κ2) is 7.23. The Kier molecular flexibility index (Phi) is 4.82. The summed E-state index contributed by atoms with van der Waals surface area (Å²) >= 11 is 0. The van der Waals surface area contributed by atoms with Crippen molar-refractivity contribution in [2.45, 2.75) is 70.8 Å². The first-order valence-electron chi connectivity index (χ1n) is 10.2. The number of rotatable bonds is 5. The molecule has 3 heteroatoms. The lowest BCUT2D eigenvalue weighted by molar-refractivity contribution is -0.131. The molecule has 4 rings (SSSR count). The van der Waals surface area contributed by atoms with E-state index in [4.69, 9.17) is 0 Å². The van der Waals surface area contributed by atoms with E-state index >= 15 is 0 Å². The Morgan fingerprint density at radius 3 is 3.00 bits per heavy atom. The number of aryl methyl sites for hydroxylation is 1. The van der Waals surface area contributed by atoms with E-state index in [-0.39, 0.29) is 11.9 Å². The van der Waals surface area contributed by atoms with Gasteiger partial charge in [-0.05, 0) is 48.8 Å². The zero-order chi connectivity index (χ0) is 17.2. The molecule has 1 unspecified atom stereocenters. The van der Waals surface area contributed by atoms with Crippen LogP contribution < -0.4 is 5.32 Å². The summed E-state index contributed by atoms with van der Waals surface area (Å²) in [6.07, 6.45) is 10.5. The number of carbonyl (C=O) groups excluding carboxylic acids is 1. The molecule has 0 radical (unpaired) electrons. The monoisotopic (exact) mass is 338 g/mol. The highest BCUT2D eigenvalue weighted by atomic mass is 16.2. The van der Waals surface area contributed by atoms with Crippen molar-refractivity contribution in [2.24, 2.45) is 0 Å². The average Bonchev–Trinajstić information content (AvgIpc) is 2.65. The van der Waals surface area contributed by atoms with Crippen LogP contribution >= 0.6 is 0 Å². The predicted molar refractivity (Wildman–Crippen MR) is 101 cm³/mol. The molecule has 0 bridgehead atoms. The van der Waals surface area contributed by atoms with Crippen LogP contribution in [0, 0.1) is 0 Å². The number of unbranched alkanes of at least 4 members (excludes halogenated alkanes) is 3. The van der Waals surface area contributed by atoms with Crippen LogP contribution in [0.15, 0.2) is 29.5 Å². The molecule has 3 aliphatic heterocycles. The van der Waals surface area contributed by atoms with Gasteiger partial charge in [0.15, 0.2) is 0 Å². The molecule has 1 atom stereocenters. The Labute approximate surface area is 151 Å². The van der Waals surface area contributed by atoms with Gasteiger partial charge < -0.3 is 10.2 Å². The molecule has 25 heavy (non-hydrogen) atoms. The Hall–Kier alpha value is -1.77. The van der Waals surface area contributed by atoms with Crippen LogP contribution in [0.3, 0.4) is 0 Å². The third-order valence-electron chi connectivity index (χ3n) is 6.11. The maximum absolute atomic E-state index is 12.9. The molecule has 0 spiro atoms. The lowest BCUT2D eigenvalue weighted by atomic mass is 9.83. The molecule has 3 aliphatic rings. The summed E-state index contributed by atoms with van der Waals surface area (Å²) in [5, 5.41) is 3.50. The van der Waals surface area contributed by atoms with Gasteiger partial charge in [0.25, 0.3) is 5.91 Å². The molecule has 3 nitrogen and oxygen atoms in total. The van der Waals surface area contributed by atoms with E-state index in [0.717, 1.165) is 44.3 Å². The Morgan fingerprint density at radius 1 is 1.20 bits per heavy atom. The number of nitrogens with one attached hydrogen (secondary N) is 1. The van der Waals surface area contributed by atoms with Gasteiger partial charge in [-0.25, -0.2) is 0 Å². The van der Waals surface area contributed by atoms with Crippen LogP contribution in [0.4, 0.5) is 0 Å². The minimum atomic E-state index is 0.245. The van der Waals surface area contributed by atoms with Gasteiger partial charge in [0, 0.05) is 30.8 Å². The minimum absolute atomic E-state index is 0.245. The number of hydrogen-bond acceptors (Lipinski definition) is 2. The second-order valence-corrected chi connectivity index (χ2v) is 7.80. The Balaban J connectivity index is 1.53. The Bertz CT molecular complexity index is 691. The van der Waals surface area contributed by atoms with Crippen molar-refractivity contribution in [3.63, 3.8) is 0 Å². The summed E-state index contributed by atoms with van der Waals surface area (Å²) in [7, 11) is 0. The molecule has 1 amide bonds. The lowest BCUT2D eigenvalue weighted by Gasteiger charge is -2.43. The summed E-state index contributed by atoms with van der Waals surface area (Å²) in [5.74, 6) is 0.285. The number of hydrogen-bond donors (Lipinski definition) is 1. The van der Waals surface area contributed by atoms with Crippen LogP contribution in [0.1, 0.15) is 74.6 Å². The van der Waals surface area contributed by atoms with Gasteiger partial charge in [-0.1, -0.05) is 44.4 Å². The number of nitrogens with zero attached hydrogens (tertiary/aromatic N) is 1. The molecule has 0 aromatic heterocycles. The van der Waals surface area contributed by atoms with Gasteiger partial charge >= 0.3 is 0 Å². The zero-order valence-corrected chi connectivity index (χ0v) is 15.4. The van der Waals surface area contributed by atoms with Crippen molar-refractivity contribution in [2.75, 3.05) is 13.1 Å². The van der Waals surface area contributed by atoms with Crippen LogP contribution in [-0.2, 0) is 17.6 Å². The molecule has 3 heterocycles. The van der Waals surface area contributed by atoms with E-state index < -0.39 is 0 Å². The highest BCUT2D eigenvalue weighted by Gasteiger charge is 2.38. The van der Waals surface area contributed by atoms with Gasteiger partial charge in [-0.3, -0.25) is 4.79 Å². The minimum Gasteiger partial charge on any atom is -0.388 e. The summed E-state index contributed by atoms with van der Waals surface area (Å²) in [5.41, 5.74) is 6.60. The Morgan fingerprint density at radius 2 is 2.12 bits per heavy atom. The second-order valence-electron chi connectivity index (χ2n) is 7.80. The third kappa shape index (κ3) is 3.21. The maximum Gasteiger partial charge on any atom is 0.252 e. The van der Waals surface area contributed by atoms with Crippen molar-refractivity contribution < 1.29 is 4.79 Å². The first kappa shape index (κ1) is 16.7. The van der Waals surface area contributed by atoms with Gasteiger partial charge in [-0.15, -0.1) is 0 Å². The van der Waals surface area contributed by atoms with E-state index in [1.807, 2.05) is 0 Å². The van der Waals surface area contributed by atoms with E-state index in [1.165, 1.54) is 54.5 Å². The smallest absolute Gasteiger partial charge is 0.252 e. The van der Waals surface area contributed by atoms with Crippen molar-refractivity contribution in [3.8, 4) is 0 Å². The van der Waals surface area contributed by atoms with Crippen molar-refractivity contribution in [3.05, 3.63) is 46.2 Å². The fourth-order valence-electron chi connectivity index (χ4n) is 4.70. The third-order valence-corrected chi connectivity index (χ3v) is 6.11. The normalized spacial score (nSPS) is 22.2. The highest BCUT2D eigenvalue weighted by molar-refractivity contribution is 5.95. The van der Waals surface area contributed by atoms with E-state index in [9.17, 15) is 4.79 Å². The highest BCUT2D eigenvalue weighted by Crippen LogP contribution is 2.40. The maximum atomic E-state index is 12.9. The molecule has 0 saturated carbocycles. The standard InChI is InChI=1S/C22H30N2O/c1-2-3-4-5-7-16-9-10-18-17(14-16)11-13-24-21(18)15-20-19(22(24)25)8-6-12-23-20/h9-10,14,21,23H,2-8,11-13,15H2,1H3. The van der Waals surface area contributed by atoms with Crippen molar-refractivity contribution in [1.29, 1.82) is 0 Å². The van der Waals surface area contributed by atoms with E-state index in [0.29, 0.717) is 0 Å². The van der Waals surface area contributed by atoms with Crippen LogP contribution in [-0.4, -0.2) is 23.9 Å². The lowest BCUT2D eigenvalue weighted by Crippen LogP contribution is -2.46. The van der Waals surface area contributed by atoms with Crippen LogP contribution in [0.2, 0.25) is 0 Å². The summed E-state index contributed by atoms with van der Waals surface area (Å²) in [4.78, 5) is 15.0. The van der Waals surface area contributed by atoms with Gasteiger partial charge in [0.1, 0.15) is 0 Å². The van der Waals surface area contributed by atoms with E-state index in [1.54, 1.807) is 0 Å². The van der Waals surface area contributed by atoms with Gasteiger partial charge in [0.2, 0.25) is 0 Å². The van der Waals surface area contributed by atoms with Crippen molar-refractivity contribution >= 4 is 5.91 Å². The topological polar surface area (TPSA) is 32.3 Å². The van der Waals surface area contributed by atoms with Gasteiger partial charge in [0.05, 0.1) is 6.04 Å². The molecule has 134 valence electrons. The van der Waals surface area contributed by atoms with Gasteiger partial charge in [-0.2, -0.15) is 0 Å². The SMILES string of the molecule is CCCCCCc1ccc2c(c1)CCN1C(=O)C3=C(CC21)NCCC3. The number of benzene rings is 1. The number of amides is 1. The molecule has 1 N–H and O–H groups in total. The largest absolute Gasteiger partial charge is 0.388 e. The summed E-state index contributed by atoms with van der Waals surface area (Å²) in [6, 6.07) is 7.27. The molecule has 1 aromatic rings. The molecule has 0 aliphatic carbocycles. The summed E-state index contributed by atoms with van der Waals surface area (Å²) in [6.45, 7) is 4.16. The predicted octanol–water partition coefficient (Wildman–Crippen LogP) is 4.28. The first-order chi connectivity index (χ1) is 12.3. The fraction of sp³-hybridized carbons (Fsp3) is 0.591. The molecule has 0 fully saturated rings. The number of fused-ring (bicyclic) bond motifs is 3. The molecule has 1 aromatic carbocycles. The average molecular weight is 338 g/mol. The van der Waals surface area contributed by atoms with Crippen LogP contribution in [0.25, 0.3) is 0 Å². The number of carbonyl (C=O) groups is 1. The summed E-state index contributed by atoms with van der Waals surface area (Å²) < 4.78 is 0. The fourth-order valence-corrected chi connectivity index (χ4v) is 4.70. The molecule has 0 saturated heterocycles.